The predicted molar refractivity (Wildman–Crippen MR) is 90.5 cm³/mol. The van der Waals surface area contributed by atoms with Gasteiger partial charge in [-0.25, -0.2) is 0 Å². The molecular formula is C17H20IN. The predicted octanol–water partition coefficient (Wildman–Crippen LogP) is 4.49. The van der Waals surface area contributed by atoms with Crippen molar-refractivity contribution in [3.05, 3.63) is 68.8 Å². The maximum absolute atomic E-state index is 3.45. The Morgan fingerprint density at radius 1 is 1.05 bits per heavy atom. The Balaban J connectivity index is 2.10. The minimum Gasteiger partial charge on any atom is -0.313 e. The van der Waals surface area contributed by atoms with E-state index in [2.05, 4.69) is 83.4 Å². The first-order valence-electron chi connectivity index (χ1n) is 6.68. The van der Waals surface area contributed by atoms with Gasteiger partial charge in [-0.1, -0.05) is 48.5 Å². The van der Waals surface area contributed by atoms with E-state index in [0.29, 0.717) is 6.04 Å². The second-order valence-electron chi connectivity index (χ2n) is 4.84. The molecule has 0 aliphatic carbocycles. The zero-order valence-electron chi connectivity index (χ0n) is 11.5. The van der Waals surface area contributed by atoms with Crippen LogP contribution in [0.2, 0.25) is 0 Å². The summed E-state index contributed by atoms with van der Waals surface area (Å²) in [4.78, 5) is 0. The van der Waals surface area contributed by atoms with Crippen LogP contribution in [0.5, 0.6) is 0 Å². The third kappa shape index (κ3) is 3.80. The van der Waals surface area contributed by atoms with E-state index >= 15 is 0 Å². The van der Waals surface area contributed by atoms with Gasteiger partial charge in [0, 0.05) is 9.61 Å². The molecule has 0 aliphatic rings. The van der Waals surface area contributed by atoms with Gasteiger partial charge in [0.15, 0.2) is 0 Å². The number of rotatable bonds is 5. The Labute approximate surface area is 129 Å². The highest BCUT2D eigenvalue weighted by Gasteiger charge is 2.13. The van der Waals surface area contributed by atoms with Gasteiger partial charge in [0.1, 0.15) is 0 Å². The van der Waals surface area contributed by atoms with Gasteiger partial charge in [0.2, 0.25) is 0 Å². The van der Waals surface area contributed by atoms with Crippen molar-refractivity contribution in [1.29, 1.82) is 0 Å². The average molecular weight is 365 g/mol. The van der Waals surface area contributed by atoms with Crippen molar-refractivity contribution in [3.8, 4) is 0 Å². The molecule has 0 radical (unpaired) electrons. The summed E-state index contributed by atoms with van der Waals surface area (Å²) in [6.45, 7) is 2.18. The molecule has 2 aromatic rings. The molecule has 0 aromatic heterocycles. The molecule has 1 atom stereocenters. The molecule has 0 amide bonds. The highest BCUT2D eigenvalue weighted by atomic mass is 127. The lowest BCUT2D eigenvalue weighted by Crippen LogP contribution is -2.18. The van der Waals surface area contributed by atoms with Crippen molar-refractivity contribution < 1.29 is 0 Å². The molecule has 1 N–H and O–H groups in total. The highest BCUT2D eigenvalue weighted by Crippen LogP contribution is 2.26. The summed E-state index contributed by atoms with van der Waals surface area (Å²) in [5.74, 6) is 0. The van der Waals surface area contributed by atoms with Crippen LogP contribution in [0, 0.1) is 10.5 Å². The number of hydrogen-bond donors (Lipinski definition) is 1. The van der Waals surface area contributed by atoms with Crippen LogP contribution >= 0.6 is 22.6 Å². The molecule has 2 heteroatoms. The Kier molecular flexibility index (Phi) is 5.40. The van der Waals surface area contributed by atoms with Gasteiger partial charge in [-0.3, -0.25) is 0 Å². The van der Waals surface area contributed by atoms with Gasteiger partial charge < -0.3 is 5.32 Å². The van der Waals surface area contributed by atoms with Gasteiger partial charge in [0.05, 0.1) is 0 Å². The van der Waals surface area contributed by atoms with E-state index in [9.17, 15) is 0 Å². The fraction of sp³-hybridized carbons (Fsp3) is 0.294. The van der Waals surface area contributed by atoms with E-state index < -0.39 is 0 Å². The summed E-state index contributed by atoms with van der Waals surface area (Å²) >= 11 is 2.46. The first-order chi connectivity index (χ1) is 9.22. The van der Waals surface area contributed by atoms with Gasteiger partial charge in [-0.15, -0.1) is 0 Å². The Morgan fingerprint density at radius 3 is 2.47 bits per heavy atom. The largest absolute Gasteiger partial charge is 0.313 e. The van der Waals surface area contributed by atoms with E-state index in [1.54, 1.807) is 0 Å². The van der Waals surface area contributed by atoms with Crippen LogP contribution in [-0.4, -0.2) is 7.05 Å². The zero-order valence-corrected chi connectivity index (χ0v) is 13.6. The molecule has 0 aliphatic heterocycles. The van der Waals surface area contributed by atoms with Crippen LogP contribution < -0.4 is 5.32 Å². The molecule has 0 bridgehead atoms. The number of halogens is 1. The van der Waals surface area contributed by atoms with Crippen molar-refractivity contribution >= 4 is 22.6 Å². The fourth-order valence-corrected chi connectivity index (χ4v) is 3.09. The molecule has 0 fully saturated rings. The number of hydrogen-bond acceptors (Lipinski definition) is 1. The minimum atomic E-state index is 0.423. The maximum atomic E-state index is 3.45. The third-order valence-corrected chi connectivity index (χ3v) is 4.98. The fourth-order valence-electron chi connectivity index (χ4n) is 2.35. The van der Waals surface area contributed by atoms with Crippen LogP contribution in [0.25, 0.3) is 0 Å². The van der Waals surface area contributed by atoms with Crippen LogP contribution in [0.1, 0.15) is 29.2 Å². The minimum absolute atomic E-state index is 0.423. The lowest BCUT2D eigenvalue weighted by molar-refractivity contribution is 0.546. The normalized spacial score (nSPS) is 12.4. The Hall–Kier alpha value is -0.870. The van der Waals surface area contributed by atoms with Crippen molar-refractivity contribution in [3.63, 3.8) is 0 Å². The molecule has 19 heavy (non-hydrogen) atoms. The van der Waals surface area contributed by atoms with Gasteiger partial charge in [0.25, 0.3) is 0 Å². The third-order valence-electron chi connectivity index (χ3n) is 3.51. The van der Waals surface area contributed by atoms with Crippen molar-refractivity contribution in [2.75, 3.05) is 7.05 Å². The molecule has 0 spiro atoms. The van der Waals surface area contributed by atoms with Crippen LogP contribution in [0.3, 0.4) is 0 Å². The monoisotopic (exact) mass is 365 g/mol. The lowest BCUT2D eigenvalue weighted by atomic mass is 9.98. The standard InChI is InChI=1S/C17H20IN/c1-13-7-6-10-15(17(13)18)16(19-2)12-11-14-8-4-3-5-9-14/h3-10,16,19H,11-12H2,1-2H3. The summed E-state index contributed by atoms with van der Waals surface area (Å²) in [7, 11) is 2.05. The van der Waals surface area contributed by atoms with Gasteiger partial charge >= 0.3 is 0 Å². The number of nitrogens with one attached hydrogen (secondary N) is 1. The summed E-state index contributed by atoms with van der Waals surface area (Å²) in [6, 6.07) is 17.7. The van der Waals surface area contributed by atoms with E-state index in [-0.39, 0.29) is 0 Å². The van der Waals surface area contributed by atoms with Crippen LogP contribution in [-0.2, 0) is 6.42 Å². The molecule has 0 saturated carbocycles. The molecule has 1 nitrogen and oxygen atoms in total. The number of aryl methyl sites for hydroxylation is 2. The second kappa shape index (κ2) is 7.06. The molecule has 0 saturated heterocycles. The SMILES string of the molecule is CNC(CCc1ccccc1)c1cccc(C)c1I. The molecule has 0 heterocycles. The summed E-state index contributed by atoms with van der Waals surface area (Å²) < 4.78 is 1.38. The first-order valence-corrected chi connectivity index (χ1v) is 7.76. The molecule has 1 unspecified atom stereocenters. The molecule has 2 aromatic carbocycles. The summed E-state index contributed by atoms with van der Waals surface area (Å²) in [5.41, 5.74) is 4.18. The van der Waals surface area contributed by atoms with Gasteiger partial charge in [-0.2, -0.15) is 0 Å². The molecule has 2 rings (SSSR count). The molecule has 100 valence electrons. The second-order valence-corrected chi connectivity index (χ2v) is 5.92. The van der Waals surface area contributed by atoms with Crippen LogP contribution in [0.15, 0.2) is 48.5 Å². The zero-order chi connectivity index (χ0) is 13.7. The Morgan fingerprint density at radius 2 is 1.79 bits per heavy atom. The molecular weight excluding hydrogens is 345 g/mol. The van der Waals surface area contributed by atoms with Crippen molar-refractivity contribution in [2.45, 2.75) is 25.8 Å². The summed E-state index contributed by atoms with van der Waals surface area (Å²) in [6.07, 6.45) is 2.23. The Bertz CT molecular complexity index is 522. The topological polar surface area (TPSA) is 12.0 Å². The smallest absolute Gasteiger partial charge is 0.0331 e. The number of benzene rings is 2. The van der Waals surface area contributed by atoms with E-state index in [1.165, 1.54) is 20.3 Å². The maximum Gasteiger partial charge on any atom is 0.0331 e. The van der Waals surface area contributed by atoms with E-state index in [1.807, 2.05) is 7.05 Å². The van der Waals surface area contributed by atoms with Crippen LogP contribution in [0.4, 0.5) is 0 Å². The van der Waals surface area contributed by atoms with Gasteiger partial charge in [-0.05, 0) is 66.1 Å². The average Bonchev–Trinajstić information content (AvgIpc) is 2.45. The summed E-state index contributed by atoms with van der Waals surface area (Å²) in [5, 5.41) is 3.45. The first kappa shape index (κ1) is 14.5. The van der Waals surface area contributed by atoms with Crippen molar-refractivity contribution in [2.24, 2.45) is 0 Å². The van der Waals surface area contributed by atoms with E-state index in [0.717, 1.165) is 12.8 Å². The highest BCUT2D eigenvalue weighted by molar-refractivity contribution is 14.1. The van der Waals surface area contributed by atoms with E-state index in [4.69, 9.17) is 0 Å². The lowest BCUT2D eigenvalue weighted by Gasteiger charge is -2.19. The quantitative estimate of drug-likeness (QED) is 0.770. The van der Waals surface area contributed by atoms with Crippen molar-refractivity contribution in [1.82, 2.24) is 5.32 Å².